The fourth-order valence-electron chi connectivity index (χ4n) is 1.96. The van der Waals surface area contributed by atoms with Gasteiger partial charge in [-0.1, -0.05) is 19.9 Å². The lowest BCUT2D eigenvalue weighted by molar-refractivity contribution is -0.148. The lowest BCUT2D eigenvalue weighted by Gasteiger charge is -2.19. The van der Waals surface area contributed by atoms with Crippen molar-refractivity contribution in [1.82, 2.24) is 5.01 Å². The van der Waals surface area contributed by atoms with Gasteiger partial charge in [-0.15, -0.1) is 11.3 Å². The minimum Gasteiger partial charge on any atom is -0.466 e. The van der Waals surface area contributed by atoms with Gasteiger partial charge in [0.25, 0.3) is 5.91 Å². The zero-order valence-electron chi connectivity index (χ0n) is 15.7. The maximum absolute atomic E-state index is 12.5. The van der Waals surface area contributed by atoms with Crippen molar-refractivity contribution in [3.63, 3.8) is 0 Å². The number of thiophene rings is 1. The molecule has 1 rings (SSSR count). The lowest BCUT2D eigenvalue weighted by atomic mass is 10.1. The molecular formula is C18H26N2O5S. The van der Waals surface area contributed by atoms with E-state index in [-0.39, 0.29) is 18.9 Å². The molecule has 1 amide bonds. The normalized spacial score (nSPS) is 11.3. The van der Waals surface area contributed by atoms with Gasteiger partial charge in [-0.2, -0.15) is 5.10 Å². The fraction of sp³-hybridized carbons (Fsp3) is 0.556. The Morgan fingerprint density at radius 3 is 2.42 bits per heavy atom. The smallest absolute Gasteiger partial charge is 0.360 e. The van der Waals surface area contributed by atoms with E-state index in [9.17, 15) is 14.4 Å². The molecule has 1 aromatic heterocycles. The van der Waals surface area contributed by atoms with E-state index in [1.165, 1.54) is 16.3 Å². The van der Waals surface area contributed by atoms with Crippen LogP contribution >= 0.6 is 11.3 Å². The summed E-state index contributed by atoms with van der Waals surface area (Å²) >= 11 is 1.32. The first-order chi connectivity index (χ1) is 12.4. The molecule has 0 saturated heterocycles. The largest absolute Gasteiger partial charge is 0.466 e. The van der Waals surface area contributed by atoms with Crippen LogP contribution in [0.5, 0.6) is 0 Å². The van der Waals surface area contributed by atoms with E-state index in [4.69, 9.17) is 9.47 Å². The van der Waals surface area contributed by atoms with Gasteiger partial charge in [-0.3, -0.25) is 9.59 Å². The SMILES string of the molecule is CCOC(=O)CC(=O)N(CCC(C)C)N=C(C(=O)OCC)c1cccs1. The second-order valence-corrected chi connectivity index (χ2v) is 6.78. The number of carbonyl (C=O) groups is 3. The van der Waals surface area contributed by atoms with Crippen molar-refractivity contribution < 1.29 is 23.9 Å². The van der Waals surface area contributed by atoms with Crippen LogP contribution in [0.1, 0.15) is 45.4 Å². The number of carbonyl (C=O) groups excluding carboxylic acids is 3. The van der Waals surface area contributed by atoms with E-state index in [1.54, 1.807) is 26.0 Å². The molecule has 8 heteroatoms. The van der Waals surface area contributed by atoms with Crippen LogP contribution in [0.3, 0.4) is 0 Å². The Balaban J connectivity index is 3.11. The second-order valence-electron chi connectivity index (χ2n) is 5.83. The lowest BCUT2D eigenvalue weighted by Crippen LogP contribution is -2.33. The molecule has 0 spiro atoms. The summed E-state index contributed by atoms with van der Waals surface area (Å²) in [5.41, 5.74) is 0.0582. The highest BCUT2D eigenvalue weighted by molar-refractivity contribution is 7.13. The van der Waals surface area contributed by atoms with E-state index in [0.29, 0.717) is 23.8 Å². The summed E-state index contributed by atoms with van der Waals surface area (Å²) < 4.78 is 9.89. The Kier molecular flexibility index (Phi) is 9.57. The zero-order chi connectivity index (χ0) is 19.5. The van der Waals surface area contributed by atoms with Crippen molar-refractivity contribution in [3.8, 4) is 0 Å². The Morgan fingerprint density at radius 2 is 1.88 bits per heavy atom. The zero-order valence-corrected chi connectivity index (χ0v) is 16.5. The molecule has 0 aliphatic carbocycles. The Labute approximate surface area is 158 Å². The predicted octanol–water partition coefficient (Wildman–Crippen LogP) is 2.84. The van der Waals surface area contributed by atoms with Crippen molar-refractivity contribution in [3.05, 3.63) is 22.4 Å². The molecule has 0 aliphatic rings. The Hall–Kier alpha value is -2.22. The monoisotopic (exact) mass is 382 g/mol. The molecule has 0 N–H and O–H groups in total. The summed E-state index contributed by atoms with van der Waals surface area (Å²) in [5, 5.41) is 7.23. The third kappa shape index (κ3) is 7.35. The molecule has 0 unspecified atom stereocenters. The number of ether oxygens (including phenoxy) is 2. The minimum absolute atomic E-state index is 0.0582. The van der Waals surface area contributed by atoms with Gasteiger partial charge in [0.05, 0.1) is 18.1 Å². The van der Waals surface area contributed by atoms with Gasteiger partial charge < -0.3 is 9.47 Å². The standard InChI is InChI=1S/C18H26N2O5S/c1-5-24-16(22)12-15(21)20(10-9-13(3)4)19-17(18(23)25-6-2)14-8-7-11-26-14/h7-8,11,13H,5-6,9-10,12H2,1-4H3. The van der Waals surface area contributed by atoms with Gasteiger partial charge in [0.15, 0.2) is 5.71 Å². The quantitative estimate of drug-likeness (QED) is 0.269. The van der Waals surface area contributed by atoms with Crippen LogP contribution in [-0.4, -0.2) is 48.3 Å². The molecule has 0 saturated carbocycles. The van der Waals surface area contributed by atoms with Crippen molar-refractivity contribution in [2.24, 2.45) is 11.0 Å². The van der Waals surface area contributed by atoms with Crippen molar-refractivity contribution in [2.45, 2.75) is 40.5 Å². The van der Waals surface area contributed by atoms with E-state index in [2.05, 4.69) is 5.10 Å². The number of rotatable bonds is 10. The van der Waals surface area contributed by atoms with E-state index in [1.807, 2.05) is 19.2 Å². The molecule has 26 heavy (non-hydrogen) atoms. The van der Waals surface area contributed by atoms with Gasteiger partial charge in [0.1, 0.15) is 6.42 Å². The highest BCUT2D eigenvalue weighted by atomic mass is 32.1. The molecule has 0 radical (unpaired) electrons. The third-order valence-corrected chi connectivity index (χ3v) is 4.13. The van der Waals surface area contributed by atoms with Crippen LogP contribution in [0.4, 0.5) is 0 Å². The number of hydrogen-bond donors (Lipinski definition) is 0. The van der Waals surface area contributed by atoms with E-state index < -0.39 is 24.3 Å². The van der Waals surface area contributed by atoms with Crippen LogP contribution in [0, 0.1) is 5.92 Å². The molecule has 0 aromatic carbocycles. The average Bonchev–Trinajstić information content (AvgIpc) is 3.09. The molecule has 144 valence electrons. The predicted molar refractivity (Wildman–Crippen MR) is 99.9 cm³/mol. The summed E-state index contributed by atoms with van der Waals surface area (Å²) in [4.78, 5) is 37.0. The van der Waals surface area contributed by atoms with Crippen LogP contribution < -0.4 is 0 Å². The number of esters is 2. The van der Waals surface area contributed by atoms with Crippen molar-refractivity contribution >= 4 is 34.9 Å². The molecule has 0 aliphatic heterocycles. The Morgan fingerprint density at radius 1 is 1.19 bits per heavy atom. The van der Waals surface area contributed by atoms with Crippen LogP contribution in [0.15, 0.2) is 22.6 Å². The van der Waals surface area contributed by atoms with Crippen molar-refractivity contribution in [2.75, 3.05) is 19.8 Å². The van der Waals surface area contributed by atoms with Crippen molar-refractivity contribution in [1.29, 1.82) is 0 Å². The number of hydrazone groups is 1. The van der Waals surface area contributed by atoms with E-state index in [0.717, 1.165) is 0 Å². The topological polar surface area (TPSA) is 85.3 Å². The van der Waals surface area contributed by atoms with Crippen LogP contribution in [-0.2, 0) is 23.9 Å². The maximum Gasteiger partial charge on any atom is 0.360 e. The molecule has 0 bridgehead atoms. The molecule has 1 aromatic rings. The highest BCUT2D eigenvalue weighted by Gasteiger charge is 2.23. The van der Waals surface area contributed by atoms with Gasteiger partial charge in [0.2, 0.25) is 0 Å². The summed E-state index contributed by atoms with van der Waals surface area (Å²) in [6.45, 7) is 8.10. The first-order valence-electron chi connectivity index (χ1n) is 8.64. The summed E-state index contributed by atoms with van der Waals surface area (Å²) in [7, 11) is 0. The minimum atomic E-state index is -0.615. The van der Waals surface area contributed by atoms with Gasteiger partial charge in [0, 0.05) is 6.54 Å². The van der Waals surface area contributed by atoms with Gasteiger partial charge in [-0.25, -0.2) is 9.80 Å². The number of nitrogens with zero attached hydrogens (tertiary/aromatic N) is 2. The molecule has 0 atom stereocenters. The van der Waals surface area contributed by atoms with Crippen LogP contribution in [0.2, 0.25) is 0 Å². The van der Waals surface area contributed by atoms with Crippen LogP contribution in [0.25, 0.3) is 0 Å². The first-order valence-corrected chi connectivity index (χ1v) is 9.52. The summed E-state index contributed by atoms with van der Waals surface area (Å²) in [6.07, 6.45) is 0.259. The maximum atomic E-state index is 12.5. The molecular weight excluding hydrogens is 356 g/mol. The molecule has 0 fully saturated rings. The number of amides is 1. The Bertz CT molecular complexity index is 626. The number of hydrogen-bond acceptors (Lipinski definition) is 7. The highest BCUT2D eigenvalue weighted by Crippen LogP contribution is 2.14. The first kappa shape index (κ1) is 21.8. The third-order valence-electron chi connectivity index (χ3n) is 3.25. The molecule has 7 nitrogen and oxygen atoms in total. The van der Waals surface area contributed by atoms with Gasteiger partial charge in [-0.05, 0) is 37.6 Å². The van der Waals surface area contributed by atoms with E-state index >= 15 is 0 Å². The van der Waals surface area contributed by atoms with Gasteiger partial charge >= 0.3 is 11.9 Å². The fourth-order valence-corrected chi connectivity index (χ4v) is 2.66. The molecule has 1 heterocycles. The average molecular weight is 382 g/mol. The summed E-state index contributed by atoms with van der Waals surface area (Å²) in [5.74, 6) is -1.40. The summed E-state index contributed by atoms with van der Waals surface area (Å²) in [6, 6.07) is 3.52. The second kappa shape index (κ2) is 11.4.